The standard InChI is InChI=1S/C27H27N3O9S/c1-7-39-26(32)22-14(2)28-27-29(23(22)16-9-8-10-18(35-3)24(16)38-6)25(31)21(40-27)12-15-11-19(36-4)20(37-5)13-17(15)30(33)34/h8-13,23H,7H2,1-6H3/b21-12-. The van der Waals surface area contributed by atoms with E-state index in [1.807, 2.05) is 0 Å². The largest absolute Gasteiger partial charge is 0.493 e. The van der Waals surface area contributed by atoms with Crippen LogP contribution in [0.1, 0.15) is 31.0 Å². The van der Waals surface area contributed by atoms with Gasteiger partial charge in [0.2, 0.25) is 0 Å². The summed E-state index contributed by atoms with van der Waals surface area (Å²) in [6.45, 7) is 3.45. The van der Waals surface area contributed by atoms with Gasteiger partial charge in [0.15, 0.2) is 27.8 Å². The summed E-state index contributed by atoms with van der Waals surface area (Å²) in [5, 5.41) is 11.9. The third kappa shape index (κ3) is 4.91. The molecule has 2 heterocycles. The first-order chi connectivity index (χ1) is 19.2. The van der Waals surface area contributed by atoms with E-state index >= 15 is 0 Å². The Morgan fingerprint density at radius 3 is 2.38 bits per heavy atom. The number of ether oxygens (including phenoxy) is 5. The van der Waals surface area contributed by atoms with Gasteiger partial charge in [-0.15, -0.1) is 0 Å². The number of hydrogen-bond donors (Lipinski definition) is 0. The normalized spacial score (nSPS) is 14.8. The summed E-state index contributed by atoms with van der Waals surface area (Å²) in [7, 11) is 5.72. The smallest absolute Gasteiger partial charge is 0.338 e. The molecule has 13 heteroatoms. The van der Waals surface area contributed by atoms with Gasteiger partial charge in [-0.1, -0.05) is 23.5 Å². The van der Waals surface area contributed by atoms with Crippen LogP contribution in [0.4, 0.5) is 5.69 Å². The van der Waals surface area contributed by atoms with Crippen LogP contribution >= 0.6 is 11.3 Å². The summed E-state index contributed by atoms with van der Waals surface area (Å²) in [5.41, 5.74) is 0.325. The number of para-hydroxylation sites is 1. The number of methoxy groups -OCH3 is 4. The van der Waals surface area contributed by atoms with Crippen molar-refractivity contribution in [1.29, 1.82) is 0 Å². The molecule has 0 saturated heterocycles. The van der Waals surface area contributed by atoms with Crippen LogP contribution < -0.4 is 33.8 Å². The van der Waals surface area contributed by atoms with E-state index in [2.05, 4.69) is 4.99 Å². The number of nitrogens with zero attached hydrogens (tertiary/aromatic N) is 3. The average molecular weight is 570 g/mol. The van der Waals surface area contributed by atoms with Crippen LogP contribution in [0, 0.1) is 10.1 Å². The molecule has 1 aliphatic heterocycles. The van der Waals surface area contributed by atoms with Crippen molar-refractivity contribution in [2.75, 3.05) is 35.0 Å². The minimum atomic E-state index is -0.970. The predicted octanol–water partition coefficient (Wildman–Crippen LogP) is 2.74. The van der Waals surface area contributed by atoms with Gasteiger partial charge in [0.25, 0.3) is 11.2 Å². The fourth-order valence-corrected chi connectivity index (χ4v) is 5.55. The molecule has 210 valence electrons. The molecule has 1 aliphatic rings. The first kappa shape index (κ1) is 28.4. The van der Waals surface area contributed by atoms with Crippen molar-refractivity contribution in [3.05, 3.63) is 82.5 Å². The topological polar surface area (TPSA) is 141 Å². The number of allylic oxidation sites excluding steroid dienone is 1. The third-order valence-corrected chi connectivity index (χ3v) is 7.24. The lowest BCUT2D eigenvalue weighted by Crippen LogP contribution is -2.40. The Morgan fingerprint density at radius 1 is 1.10 bits per heavy atom. The molecule has 2 aromatic carbocycles. The zero-order valence-electron chi connectivity index (χ0n) is 22.7. The molecular formula is C27H27N3O9S. The van der Waals surface area contributed by atoms with E-state index < -0.39 is 22.5 Å². The van der Waals surface area contributed by atoms with Gasteiger partial charge < -0.3 is 23.7 Å². The molecule has 0 radical (unpaired) electrons. The second-order valence-corrected chi connectivity index (χ2v) is 9.42. The minimum absolute atomic E-state index is 0.116. The molecule has 1 aromatic heterocycles. The van der Waals surface area contributed by atoms with Gasteiger partial charge in [-0.3, -0.25) is 19.5 Å². The second-order valence-electron chi connectivity index (χ2n) is 8.41. The van der Waals surface area contributed by atoms with Crippen molar-refractivity contribution in [3.8, 4) is 23.0 Å². The lowest BCUT2D eigenvalue weighted by atomic mass is 9.94. The Labute approximate surface area is 232 Å². The van der Waals surface area contributed by atoms with E-state index in [0.29, 0.717) is 27.6 Å². The molecule has 0 N–H and O–H groups in total. The van der Waals surface area contributed by atoms with Gasteiger partial charge in [0.1, 0.15) is 6.04 Å². The van der Waals surface area contributed by atoms with Crippen LogP contribution in [0.25, 0.3) is 6.08 Å². The maximum Gasteiger partial charge on any atom is 0.338 e. The maximum absolute atomic E-state index is 14.0. The highest BCUT2D eigenvalue weighted by Crippen LogP contribution is 2.40. The molecule has 0 amide bonds. The molecule has 1 unspecified atom stereocenters. The van der Waals surface area contributed by atoms with Crippen LogP contribution in [0.3, 0.4) is 0 Å². The summed E-state index contributed by atoms with van der Waals surface area (Å²) in [4.78, 5) is 43.3. The number of nitro groups is 1. The highest BCUT2D eigenvalue weighted by Gasteiger charge is 2.36. The molecular weight excluding hydrogens is 542 g/mol. The van der Waals surface area contributed by atoms with Crippen LogP contribution in [-0.2, 0) is 9.53 Å². The Bertz CT molecular complexity index is 1700. The van der Waals surface area contributed by atoms with Crippen molar-refractivity contribution < 1.29 is 33.4 Å². The molecule has 4 rings (SSSR count). The lowest BCUT2D eigenvalue weighted by molar-refractivity contribution is -0.385. The number of aromatic nitrogens is 1. The van der Waals surface area contributed by atoms with Crippen molar-refractivity contribution in [3.63, 3.8) is 0 Å². The van der Waals surface area contributed by atoms with Crippen LogP contribution in [0.15, 0.2) is 51.4 Å². The van der Waals surface area contributed by atoms with Gasteiger partial charge >= 0.3 is 5.97 Å². The average Bonchev–Trinajstić information content (AvgIpc) is 3.25. The molecule has 3 aromatic rings. The van der Waals surface area contributed by atoms with E-state index in [9.17, 15) is 19.7 Å². The van der Waals surface area contributed by atoms with Gasteiger partial charge in [-0.25, -0.2) is 9.79 Å². The summed E-state index contributed by atoms with van der Waals surface area (Å²) in [5.74, 6) is 0.528. The van der Waals surface area contributed by atoms with Crippen LogP contribution in [-0.4, -0.2) is 50.5 Å². The number of fused-ring (bicyclic) bond motifs is 1. The van der Waals surface area contributed by atoms with Gasteiger partial charge in [0.05, 0.1) is 67.4 Å². The van der Waals surface area contributed by atoms with Gasteiger partial charge in [0, 0.05) is 5.56 Å². The van der Waals surface area contributed by atoms with Gasteiger partial charge in [-0.05, 0) is 32.1 Å². The number of benzene rings is 2. The van der Waals surface area contributed by atoms with Crippen molar-refractivity contribution in [1.82, 2.24) is 4.57 Å². The molecule has 0 bridgehead atoms. The highest BCUT2D eigenvalue weighted by molar-refractivity contribution is 7.07. The molecule has 40 heavy (non-hydrogen) atoms. The van der Waals surface area contributed by atoms with Crippen molar-refractivity contribution in [2.24, 2.45) is 4.99 Å². The molecule has 0 fully saturated rings. The van der Waals surface area contributed by atoms with E-state index in [1.54, 1.807) is 32.0 Å². The Balaban J connectivity index is 2.05. The van der Waals surface area contributed by atoms with Crippen molar-refractivity contribution >= 4 is 29.1 Å². The predicted molar refractivity (Wildman–Crippen MR) is 146 cm³/mol. The monoisotopic (exact) mass is 569 g/mol. The Hall–Kier alpha value is -4.65. The molecule has 0 saturated carbocycles. The summed E-state index contributed by atoms with van der Waals surface area (Å²) in [6, 6.07) is 6.82. The number of esters is 1. The fraction of sp³-hybridized carbons (Fsp3) is 0.296. The summed E-state index contributed by atoms with van der Waals surface area (Å²) in [6.07, 6.45) is 1.40. The second kappa shape index (κ2) is 11.6. The zero-order valence-corrected chi connectivity index (χ0v) is 23.5. The Kier molecular flexibility index (Phi) is 8.24. The molecule has 0 spiro atoms. The first-order valence-corrected chi connectivity index (χ1v) is 12.8. The summed E-state index contributed by atoms with van der Waals surface area (Å²) < 4.78 is 28.5. The first-order valence-electron chi connectivity index (χ1n) is 12.0. The quantitative estimate of drug-likeness (QED) is 0.216. The van der Waals surface area contributed by atoms with Crippen LogP contribution in [0.2, 0.25) is 0 Å². The van der Waals surface area contributed by atoms with E-state index in [1.165, 1.54) is 51.2 Å². The van der Waals surface area contributed by atoms with Crippen LogP contribution in [0.5, 0.6) is 23.0 Å². The molecule has 1 atom stereocenters. The fourth-order valence-electron chi connectivity index (χ4n) is 4.51. The van der Waals surface area contributed by atoms with E-state index in [-0.39, 0.29) is 39.5 Å². The van der Waals surface area contributed by atoms with Gasteiger partial charge in [-0.2, -0.15) is 0 Å². The number of rotatable bonds is 9. The highest BCUT2D eigenvalue weighted by atomic mass is 32.1. The van der Waals surface area contributed by atoms with E-state index in [4.69, 9.17) is 23.7 Å². The minimum Gasteiger partial charge on any atom is -0.493 e. The lowest BCUT2D eigenvalue weighted by Gasteiger charge is -2.26. The maximum atomic E-state index is 14.0. The third-order valence-electron chi connectivity index (χ3n) is 6.26. The van der Waals surface area contributed by atoms with Crippen molar-refractivity contribution in [2.45, 2.75) is 19.9 Å². The van der Waals surface area contributed by atoms with E-state index in [0.717, 1.165) is 11.3 Å². The number of nitro benzene ring substituents is 1. The molecule has 0 aliphatic carbocycles. The SMILES string of the molecule is CCOC(=O)C1=C(C)N=c2s/c(=C\c3cc(OC)c(OC)cc3[N+](=O)[O-])c(=O)n2C1c1cccc(OC)c1OC. The summed E-state index contributed by atoms with van der Waals surface area (Å²) >= 11 is 1.03. The number of carbonyl (C=O) groups excluding carboxylic acids is 1. The molecule has 12 nitrogen and oxygen atoms in total. The number of hydrogen-bond acceptors (Lipinski definition) is 11. The zero-order chi connectivity index (χ0) is 29.1. The number of thiazole rings is 1. The Morgan fingerprint density at radius 2 is 1.77 bits per heavy atom. The number of carbonyl (C=O) groups is 1.